The highest BCUT2D eigenvalue weighted by atomic mass is 32.1. The van der Waals surface area contributed by atoms with Crippen LogP contribution >= 0.6 is 12.2 Å². The van der Waals surface area contributed by atoms with Crippen LogP contribution in [0.4, 0.5) is 0 Å². The summed E-state index contributed by atoms with van der Waals surface area (Å²) in [6.07, 6.45) is 8.53. The molecule has 1 aliphatic rings. The fourth-order valence-electron chi connectivity index (χ4n) is 2.39. The minimum Gasteiger partial charge on any atom is -0.348 e. The average Bonchev–Trinajstić information content (AvgIpc) is 2.81. The summed E-state index contributed by atoms with van der Waals surface area (Å²) in [5.41, 5.74) is 4.76. The molecule has 0 spiro atoms. The lowest BCUT2D eigenvalue weighted by atomic mass is 10.1. The quantitative estimate of drug-likeness (QED) is 0.526. The highest BCUT2D eigenvalue weighted by molar-refractivity contribution is 7.80. The molecule has 1 aliphatic heterocycles. The summed E-state index contributed by atoms with van der Waals surface area (Å²) in [7, 11) is 0. The molecule has 6 heteroatoms. The van der Waals surface area contributed by atoms with Crippen LogP contribution in [-0.2, 0) is 0 Å². The van der Waals surface area contributed by atoms with E-state index in [1.54, 1.807) is 6.20 Å². The molecule has 21 heavy (non-hydrogen) atoms. The second-order valence-electron chi connectivity index (χ2n) is 5.24. The van der Waals surface area contributed by atoms with E-state index in [1.807, 2.05) is 12.1 Å². The molecule has 0 aliphatic carbocycles. The Hall–Kier alpha value is -1.56. The van der Waals surface area contributed by atoms with E-state index in [9.17, 15) is 0 Å². The summed E-state index contributed by atoms with van der Waals surface area (Å²) in [6, 6.07) is 3.80. The Bertz CT molecular complexity index is 466. The van der Waals surface area contributed by atoms with Crippen molar-refractivity contribution in [1.82, 2.24) is 20.5 Å². The average molecular weight is 305 g/mol. The van der Waals surface area contributed by atoms with E-state index in [0.717, 1.165) is 42.4 Å². The highest BCUT2D eigenvalue weighted by Crippen LogP contribution is 2.10. The summed E-state index contributed by atoms with van der Waals surface area (Å²) in [5.74, 6) is 0. The van der Waals surface area contributed by atoms with Gasteiger partial charge in [0.1, 0.15) is 5.69 Å². The van der Waals surface area contributed by atoms with E-state index >= 15 is 0 Å². The monoisotopic (exact) mass is 305 g/mol. The zero-order chi connectivity index (χ0) is 14.9. The van der Waals surface area contributed by atoms with Gasteiger partial charge in [0, 0.05) is 19.3 Å². The Labute approximate surface area is 131 Å². The molecule has 0 atom stereocenters. The fraction of sp³-hybridized carbons (Fsp3) is 0.600. The third-order valence-corrected chi connectivity index (χ3v) is 3.88. The number of thiocarbonyl (C=S) groups is 1. The van der Waals surface area contributed by atoms with Crippen LogP contribution in [0.2, 0.25) is 0 Å². The van der Waals surface area contributed by atoms with Crippen LogP contribution in [0.3, 0.4) is 0 Å². The molecule has 114 valence electrons. The Morgan fingerprint density at radius 3 is 2.71 bits per heavy atom. The molecule has 0 saturated carbocycles. The lowest BCUT2D eigenvalue weighted by Gasteiger charge is -2.22. The van der Waals surface area contributed by atoms with E-state index in [4.69, 9.17) is 12.2 Å². The molecule has 2 rings (SSSR count). The van der Waals surface area contributed by atoms with Crippen LogP contribution in [0.1, 0.15) is 51.1 Å². The second kappa shape index (κ2) is 8.67. The minimum absolute atomic E-state index is 0.717. The van der Waals surface area contributed by atoms with Gasteiger partial charge in [-0.05, 0) is 43.6 Å². The van der Waals surface area contributed by atoms with Crippen molar-refractivity contribution in [1.29, 1.82) is 0 Å². The number of nitrogens with zero attached hydrogens (tertiary/aromatic N) is 4. The van der Waals surface area contributed by atoms with E-state index in [2.05, 4.69) is 32.5 Å². The molecule has 1 fully saturated rings. The maximum atomic E-state index is 5.46. The summed E-state index contributed by atoms with van der Waals surface area (Å²) in [6.45, 7) is 4.17. The molecule has 5 nitrogen and oxygen atoms in total. The zero-order valence-corrected chi connectivity index (χ0v) is 13.4. The summed E-state index contributed by atoms with van der Waals surface area (Å²) in [4.78, 5) is 2.21. The van der Waals surface area contributed by atoms with Crippen LogP contribution < -0.4 is 5.43 Å². The molecule has 0 unspecified atom stereocenters. The van der Waals surface area contributed by atoms with Gasteiger partial charge in [-0.1, -0.05) is 26.2 Å². The first kappa shape index (κ1) is 15.8. The van der Waals surface area contributed by atoms with Gasteiger partial charge in [0.05, 0.1) is 5.71 Å². The topological polar surface area (TPSA) is 53.4 Å². The molecule has 0 amide bonds. The lowest BCUT2D eigenvalue weighted by Crippen LogP contribution is -2.38. The van der Waals surface area contributed by atoms with Gasteiger partial charge in [-0.15, -0.1) is 5.10 Å². The fourth-order valence-corrected chi connectivity index (χ4v) is 2.62. The Morgan fingerprint density at radius 2 is 2.10 bits per heavy atom. The van der Waals surface area contributed by atoms with Crippen molar-refractivity contribution in [3.05, 3.63) is 24.0 Å². The van der Waals surface area contributed by atoms with Crippen LogP contribution in [-0.4, -0.2) is 39.0 Å². The number of hydrazone groups is 1. The number of nitrogens with one attached hydrogen (secondary N) is 1. The minimum atomic E-state index is 0.717. The van der Waals surface area contributed by atoms with Gasteiger partial charge in [0.15, 0.2) is 5.11 Å². The van der Waals surface area contributed by atoms with Gasteiger partial charge in [-0.3, -0.25) is 5.43 Å². The first-order valence-electron chi connectivity index (χ1n) is 7.71. The first-order chi connectivity index (χ1) is 10.3. The van der Waals surface area contributed by atoms with Gasteiger partial charge in [0.2, 0.25) is 0 Å². The van der Waals surface area contributed by atoms with E-state index in [-0.39, 0.29) is 0 Å². The van der Waals surface area contributed by atoms with Crippen LogP contribution in [0, 0.1) is 0 Å². The lowest BCUT2D eigenvalue weighted by molar-refractivity contribution is 0.428. The SMILES string of the molecule is CCC/C(=N\NC(=S)N1CCCCCC1)c1cccnn1. The maximum Gasteiger partial charge on any atom is 0.189 e. The van der Waals surface area contributed by atoms with Crippen molar-refractivity contribution in [2.45, 2.75) is 45.4 Å². The van der Waals surface area contributed by atoms with Crippen LogP contribution in [0.15, 0.2) is 23.4 Å². The Balaban J connectivity index is 2.00. The maximum absolute atomic E-state index is 5.46. The van der Waals surface area contributed by atoms with Crippen molar-refractivity contribution >= 4 is 23.0 Å². The normalized spacial score (nSPS) is 16.4. The summed E-state index contributed by atoms with van der Waals surface area (Å²) in [5, 5.41) is 13.2. The summed E-state index contributed by atoms with van der Waals surface area (Å²) < 4.78 is 0. The molecule has 0 bridgehead atoms. The van der Waals surface area contributed by atoms with Crippen LogP contribution in [0.25, 0.3) is 0 Å². The Morgan fingerprint density at radius 1 is 1.33 bits per heavy atom. The Kier molecular flexibility index (Phi) is 6.53. The first-order valence-corrected chi connectivity index (χ1v) is 8.11. The predicted molar refractivity (Wildman–Crippen MR) is 89.3 cm³/mol. The summed E-state index contributed by atoms with van der Waals surface area (Å²) >= 11 is 5.46. The van der Waals surface area contributed by atoms with Crippen molar-refractivity contribution in [2.24, 2.45) is 5.10 Å². The van der Waals surface area contributed by atoms with Crippen LogP contribution in [0.5, 0.6) is 0 Å². The molecule has 2 heterocycles. The predicted octanol–water partition coefficient (Wildman–Crippen LogP) is 2.73. The number of aromatic nitrogens is 2. The largest absolute Gasteiger partial charge is 0.348 e. The van der Waals surface area contributed by atoms with Gasteiger partial charge < -0.3 is 4.90 Å². The van der Waals surface area contributed by atoms with E-state index in [0.29, 0.717) is 0 Å². The molecular formula is C15H23N5S. The van der Waals surface area contributed by atoms with Crippen molar-refractivity contribution in [3.8, 4) is 0 Å². The standard InChI is InChI=1S/C15H23N5S/c1-2-8-13(14-9-7-10-16-17-14)18-19-15(21)20-11-5-3-4-6-12-20/h7,9-10H,2-6,8,11-12H2,1H3,(H,19,21)/b18-13+. The molecule has 1 N–H and O–H groups in total. The number of rotatable bonds is 4. The number of likely N-dealkylation sites (tertiary alicyclic amines) is 1. The molecular weight excluding hydrogens is 282 g/mol. The molecule has 1 aromatic heterocycles. The number of hydrogen-bond acceptors (Lipinski definition) is 4. The second-order valence-corrected chi connectivity index (χ2v) is 5.62. The number of hydrogen-bond donors (Lipinski definition) is 1. The van der Waals surface area contributed by atoms with E-state index < -0.39 is 0 Å². The zero-order valence-electron chi connectivity index (χ0n) is 12.6. The van der Waals surface area contributed by atoms with Gasteiger partial charge >= 0.3 is 0 Å². The smallest absolute Gasteiger partial charge is 0.189 e. The third-order valence-electron chi connectivity index (χ3n) is 3.53. The molecule has 1 saturated heterocycles. The van der Waals surface area contributed by atoms with Gasteiger partial charge in [0.25, 0.3) is 0 Å². The molecule has 1 aromatic rings. The molecule has 0 radical (unpaired) electrons. The highest BCUT2D eigenvalue weighted by Gasteiger charge is 2.12. The van der Waals surface area contributed by atoms with E-state index in [1.165, 1.54) is 25.7 Å². The molecule has 0 aromatic carbocycles. The third kappa shape index (κ3) is 5.04. The van der Waals surface area contributed by atoms with Gasteiger partial charge in [-0.25, -0.2) is 0 Å². The van der Waals surface area contributed by atoms with Crippen molar-refractivity contribution < 1.29 is 0 Å². The van der Waals surface area contributed by atoms with Crippen molar-refractivity contribution in [2.75, 3.05) is 13.1 Å². The van der Waals surface area contributed by atoms with Gasteiger partial charge in [-0.2, -0.15) is 10.2 Å². The van der Waals surface area contributed by atoms with Crippen molar-refractivity contribution in [3.63, 3.8) is 0 Å².